The molecule has 0 unspecified atom stereocenters. The predicted molar refractivity (Wildman–Crippen MR) is 81.4 cm³/mol. The van der Waals surface area contributed by atoms with Crippen LogP contribution in [-0.4, -0.2) is 13.2 Å². The first-order chi connectivity index (χ1) is 9.95. The van der Waals surface area contributed by atoms with Crippen LogP contribution >= 0.6 is 0 Å². The van der Waals surface area contributed by atoms with E-state index in [0.717, 1.165) is 25.7 Å². The molecule has 106 valence electrons. The molecule has 20 heavy (non-hydrogen) atoms. The Bertz CT molecular complexity index is 408. The Hall–Kier alpha value is -1.64. The van der Waals surface area contributed by atoms with Gasteiger partial charge in [-0.15, -0.1) is 0 Å². The van der Waals surface area contributed by atoms with E-state index in [2.05, 4.69) is 48.5 Å². The van der Waals surface area contributed by atoms with Crippen LogP contribution in [0.2, 0.25) is 0 Å². The van der Waals surface area contributed by atoms with Crippen LogP contribution in [-0.2, 0) is 22.6 Å². The highest BCUT2D eigenvalue weighted by Crippen LogP contribution is 2.04. The molecule has 0 N–H and O–H groups in total. The zero-order valence-corrected chi connectivity index (χ0v) is 11.8. The van der Waals surface area contributed by atoms with Crippen molar-refractivity contribution in [2.45, 2.75) is 25.7 Å². The molecule has 2 rings (SSSR count). The third-order valence-electron chi connectivity index (χ3n) is 3.16. The van der Waals surface area contributed by atoms with E-state index in [1.165, 1.54) is 11.1 Å². The van der Waals surface area contributed by atoms with Crippen molar-refractivity contribution in [3.8, 4) is 0 Å². The Kier molecular flexibility index (Phi) is 6.86. The van der Waals surface area contributed by atoms with Gasteiger partial charge in [0.2, 0.25) is 0 Å². The molecule has 0 radical (unpaired) electrons. The van der Waals surface area contributed by atoms with Crippen molar-refractivity contribution in [3.05, 3.63) is 71.8 Å². The molecule has 0 aromatic heterocycles. The van der Waals surface area contributed by atoms with Gasteiger partial charge >= 0.3 is 0 Å². The first-order valence-corrected chi connectivity index (χ1v) is 7.27. The number of hydrogen-bond donors (Lipinski definition) is 0. The molecule has 2 aromatic rings. The predicted octanol–water partition coefficient (Wildman–Crippen LogP) is 4.20. The Morgan fingerprint density at radius 3 is 1.35 bits per heavy atom. The van der Waals surface area contributed by atoms with E-state index in [1.807, 2.05) is 12.1 Å². The lowest BCUT2D eigenvalue weighted by Gasteiger charge is -2.04. The van der Waals surface area contributed by atoms with Crippen LogP contribution in [0.3, 0.4) is 0 Å². The Balaban J connectivity index is 1.44. The van der Waals surface area contributed by atoms with E-state index in [4.69, 9.17) is 9.78 Å². The second kappa shape index (κ2) is 9.29. The van der Waals surface area contributed by atoms with Crippen molar-refractivity contribution >= 4 is 0 Å². The van der Waals surface area contributed by atoms with Crippen LogP contribution in [0.5, 0.6) is 0 Å². The van der Waals surface area contributed by atoms with Gasteiger partial charge in [0.05, 0.1) is 13.2 Å². The molecule has 0 atom stereocenters. The summed E-state index contributed by atoms with van der Waals surface area (Å²) in [5.41, 5.74) is 2.69. The van der Waals surface area contributed by atoms with Gasteiger partial charge in [-0.25, -0.2) is 9.78 Å². The fourth-order valence-electron chi connectivity index (χ4n) is 2.08. The highest BCUT2D eigenvalue weighted by atomic mass is 17.2. The number of rotatable bonds is 9. The lowest BCUT2D eigenvalue weighted by molar-refractivity contribution is -0.294. The SMILES string of the molecule is c1ccc(CCCOOCCCc2ccccc2)cc1. The van der Waals surface area contributed by atoms with Crippen molar-refractivity contribution in [1.82, 2.24) is 0 Å². The van der Waals surface area contributed by atoms with Gasteiger partial charge in [-0.3, -0.25) is 0 Å². The second-order valence-electron chi connectivity index (χ2n) is 4.82. The fraction of sp³-hybridized carbons (Fsp3) is 0.333. The third-order valence-corrected chi connectivity index (χ3v) is 3.16. The van der Waals surface area contributed by atoms with Gasteiger partial charge in [0.25, 0.3) is 0 Å². The number of aryl methyl sites for hydroxylation is 2. The summed E-state index contributed by atoms with van der Waals surface area (Å²) in [4.78, 5) is 10.4. The van der Waals surface area contributed by atoms with Crippen molar-refractivity contribution in [3.63, 3.8) is 0 Å². The van der Waals surface area contributed by atoms with Gasteiger partial charge in [-0.2, -0.15) is 0 Å². The molecule has 0 saturated heterocycles. The average Bonchev–Trinajstić information content (AvgIpc) is 2.52. The van der Waals surface area contributed by atoms with Crippen LogP contribution in [0, 0.1) is 0 Å². The van der Waals surface area contributed by atoms with Crippen LogP contribution < -0.4 is 0 Å². The van der Waals surface area contributed by atoms with E-state index < -0.39 is 0 Å². The molecular formula is C18H22O2. The Labute approximate surface area is 121 Å². The molecule has 2 nitrogen and oxygen atoms in total. The molecule has 0 fully saturated rings. The lowest BCUT2D eigenvalue weighted by atomic mass is 10.1. The minimum atomic E-state index is 0.653. The summed E-state index contributed by atoms with van der Waals surface area (Å²) < 4.78 is 0. The highest BCUT2D eigenvalue weighted by molar-refractivity contribution is 5.15. The first-order valence-electron chi connectivity index (χ1n) is 7.27. The molecule has 2 aromatic carbocycles. The third kappa shape index (κ3) is 6.00. The molecule has 0 amide bonds. The van der Waals surface area contributed by atoms with E-state index in [1.54, 1.807) is 0 Å². The summed E-state index contributed by atoms with van der Waals surface area (Å²) in [5.74, 6) is 0. The maximum Gasteiger partial charge on any atom is 0.0825 e. The van der Waals surface area contributed by atoms with Crippen LogP contribution in [0.25, 0.3) is 0 Å². The Morgan fingerprint density at radius 1 is 0.550 bits per heavy atom. The molecular weight excluding hydrogens is 248 g/mol. The Morgan fingerprint density at radius 2 is 0.950 bits per heavy atom. The molecule has 0 heterocycles. The van der Waals surface area contributed by atoms with Crippen LogP contribution in [0.1, 0.15) is 24.0 Å². The van der Waals surface area contributed by atoms with E-state index >= 15 is 0 Å². The zero-order valence-electron chi connectivity index (χ0n) is 11.8. The summed E-state index contributed by atoms with van der Waals surface area (Å²) in [6, 6.07) is 20.9. The molecule has 2 heteroatoms. The van der Waals surface area contributed by atoms with Crippen LogP contribution in [0.4, 0.5) is 0 Å². The average molecular weight is 270 g/mol. The van der Waals surface area contributed by atoms with Gasteiger partial charge in [0.15, 0.2) is 0 Å². The summed E-state index contributed by atoms with van der Waals surface area (Å²) in [6.45, 7) is 1.31. The van der Waals surface area contributed by atoms with Crippen molar-refractivity contribution in [1.29, 1.82) is 0 Å². The molecule has 0 aliphatic rings. The summed E-state index contributed by atoms with van der Waals surface area (Å²) in [5, 5.41) is 0. The molecule has 0 spiro atoms. The summed E-state index contributed by atoms with van der Waals surface area (Å²) in [7, 11) is 0. The maximum absolute atomic E-state index is 5.19. The van der Waals surface area contributed by atoms with Gasteiger partial charge in [0.1, 0.15) is 0 Å². The van der Waals surface area contributed by atoms with Crippen molar-refractivity contribution < 1.29 is 9.78 Å². The monoisotopic (exact) mass is 270 g/mol. The first kappa shape index (κ1) is 14.8. The standard InChI is InChI=1S/C18H22O2/c1-3-9-17(10-4-1)13-7-15-19-20-16-8-14-18-11-5-2-6-12-18/h1-6,9-12H,7-8,13-16H2. The molecule has 0 bridgehead atoms. The topological polar surface area (TPSA) is 18.5 Å². The van der Waals surface area contributed by atoms with Gasteiger partial charge in [-0.05, 0) is 36.8 Å². The second-order valence-corrected chi connectivity index (χ2v) is 4.82. The molecule has 0 aliphatic carbocycles. The normalized spacial score (nSPS) is 10.6. The van der Waals surface area contributed by atoms with Gasteiger partial charge in [-0.1, -0.05) is 60.7 Å². The van der Waals surface area contributed by atoms with Gasteiger partial charge in [0, 0.05) is 0 Å². The molecule has 0 saturated carbocycles. The summed E-state index contributed by atoms with van der Waals surface area (Å²) >= 11 is 0. The quantitative estimate of drug-likeness (QED) is 0.386. The van der Waals surface area contributed by atoms with E-state index in [-0.39, 0.29) is 0 Å². The lowest BCUT2D eigenvalue weighted by Crippen LogP contribution is -2.01. The van der Waals surface area contributed by atoms with Gasteiger partial charge < -0.3 is 0 Å². The fourth-order valence-corrected chi connectivity index (χ4v) is 2.08. The zero-order chi connectivity index (χ0) is 13.9. The smallest absolute Gasteiger partial charge is 0.0825 e. The van der Waals surface area contributed by atoms with E-state index in [9.17, 15) is 0 Å². The minimum Gasteiger partial charge on any atom is -0.237 e. The van der Waals surface area contributed by atoms with E-state index in [0.29, 0.717) is 13.2 Å². The number of hydrogen-bond acceptors (Lipinski definition) is 2. The van der Waals surface area contributed by atoms with Crippen molar-refractivity contribution in [2.75, 3.05) is 13.2 Å². The molecule has 0 aliphatic heterocycles. The van der Waals surface area contributed by atoms with Crippen molar-refractivity contribution in [2.24, 2.45) is 0 Å². The summed E-state index contributed by atoms with van der Waals surface area (Å²) in [6.07, 6.45) is 4.05. The largest absolute Gasteiger partial charge is 0.237 e. The number of benzene rings is 2. The highest BCUT2D eigenvalue weighted by Gasteiger charge is 1.95. The maximum atomic E-state index is 5.19. The minimum absolute atomic E-state index is 0.653. The van der Waals surface area contributed by atoms with Crippen LogP contribution in [0.15, 0.2) is 60.7 Å².